The van der Waals surface area contributed by atoms with Crippen LogP contribution in [0.5, 0.6) is 0 Å². The van der Waals surface area contributed by atoms with Crippen LogP contribution in [0.2, 0.25) is 0 Å². The quantitative estimate of drug-likeness (QED) is 0.632. The van der Waals surface area contributed by atoms with Gasteiger partial charge in [-0.05, 0) is 24.3 Å². The van der Waals surface area contributed by atoms with E-state index in [1.54, 1.807) is 18.6 Å². The third-order valence-corrected chi connectivity index (χ3v) is 2.59. The molecule has 0 amide bonds. The minimum Gasteiger partial charge on any atom is -0.299 e. The van der Waals surface area contributed by atoms with Gasteiger partial charge in [-0.25, -0.2) is 9.97 Å². The molecule has 4 heteroatoms. The summed E-state index contributed by atoms with van der Waals surface area (Å²) in [7, 11) is 0. The predicted octanol–water partition coefficient (Wildman–Crippen LogP) is 2.29. The van der Waals surface area contributed by atoms with Gasteiger partial charge in [-0.15, -0.1) is 0 Å². The summed E-state index contributed by atoms with van der Waals surface area (Å²) >= 11 is 0. The second-order valence-electron chi connectivity index (χ2n) is 3.61. The lowest BCUT2D eigenvalue weighted by Gasteiger charge is -2.03. The van der Waals surface area contributed by atoms with Crippen LogP contribution in [0.4, 0.5) is 0 Å². The molecular formula is C13H8N4. The van der Waals surface area contributed by atoms with Crippen molar-refractivity contribution < 1.29 is 0 Å². The zero-order valence-electron chi connectivity index (χ0n) is 8.91. The van der Waals surface area contributed by atoms with E-state index in [0.29, 0.717) is 5.69 Å². The highest BCUT2D eigenvalue weighted by atomic mass is 15.0. The van der Waals surface area contributed by atoms with Crippen molar-refractivity contribution in [2.75, 3.05) is 0 Å². The fraction of sp³-hybridized carbons (Fsp3) is 0. The Bertz CT molecular complexity index is 721. The molecule has 0 aliphatic heterocycles. The van der Waals surface area contributed by atoms with Gasteiger partial charge in [0, 0.05) is 6.20 Å². The van der Waals surface area contributed by atoms with Crippen LogP contribution in [0.3, 0.4) is 0 Å². The maximum Gasteiger partial charge on any atom is 0.142 e. The lowest BCUT2D eigenvalue weighted by molar-refractivity contribution is 1.07. The van der Waals surface area contributed by atoms with Crippen LogP contribution in [-0.4, -0.2) is 14.5 Å². The molecule has 0 N–H and O–H groups in total. The first-order valence-corrected chi connectivity index (χ1v) is 5.17. The highest BCUT2D eigenvalue weighted by Gasteiger charge is 2.04. The van der Waals surface area contributed by atoms with Crippen LogP contribution >= 0.6 is 0 Å². The van der Waals surface area contributed by atoms with Gasteiger partial charge in [0.1, 0.15) is 18.1 Å². The highest BCUT2D eigenvalue weighted by Crippen LogP contribution is 2.17. The molecule has 0 saturated heterocycles. The standard InChI is InChI=1S/C13H8N4/c14-8-10-7-11(5-6-15-10)17-9-16-12-3-1-2-4-13(12)17/h1-7,9H. The number of nitrogens with zero attached hydrogens (tertiary/aromatic N) is 4. The fourth-order valence-electron chi connectivity index (χ4n) is 1.80. The monoisotopic (exact) mass is 220 g/mol. The number of pyridine rings is 1. The van der Waals surface area contributed by atoms with Gasteiger partial charge < -0.3 is 0 Å². The maximum absolute atomic E-state index is 8.84. The van der Waals surface area contributed by atoms with E-state index in [0.717, 1.165) is 16.7 Å². The predicted molar refractivity (Wildman–Crippen MR) is 63.6 cm³/mol. The summed E-state index contributed by atoms with van der Waals surface area (Å²) < 4.78 is 1.94. The van der Waals surface area contributed by atoms with Crippen LogP contribution in [0.15, 0.2) is 48.9 Å². The maximum atomic E-state index is 8.84. The van der Waals surface area contributed by atoms with E-state index in [2.05, 4.69) is 9.97 Å². The van der Waals surface area contributed by atoms with Crippen LogP contribution in [0, 0.1) is 11.3 Å². The number of rotatable bonds is 1. The average molecular weight is 220 g/mol. The summed E-state index contributed by atoms with van der Waals surface area (Å²) in [4.78, 5) is 8.26. The van der Waals surface area contributed by atoms with Crippen LogP contribution in [-0.2, 0) is 0 Å². The molecule has 2 aromatic heterocycles. The van der Waals surface area contributed by atoms with Crippen molar-refractivity contribution in [1.82, 2.24) is 14.5 Å². The van der Waals surface area contributed by atoms with Gasteiger partial charge in [0.05, 0.1) is 16.7 Å². The van der Waals surface area contributed by atoms with E-state index in [4.69, 9.17) is 5.26 Å². The molecule has 1 aromatic carbocycles. The van der Waals surface area contributed by atoms with Crippen LogP contribution in [0.1, 0.15) is 5.69 Å². The van der Waals surface area contributed by atoms with Gasteiger partial charge >= 0.3 is 0 Å². The Morgan fingerprint density at radius 2 is 2.00 bits per heavy atom. The number of hydrogen-bond acceptors (Lipinski definition) is 3. The molecule has 3 rings (SSSR count). The highest BCUT2D eigenvalue weighted by molar-refractivity contribution is 5.77. The lowest BCUT2D eigenvalue weighted by Crippen LogP contribution is -1.93. The number of imidazole rings is 1. The fourth-order valence-corrected chi connectivity index (χ4v) is 1.80. The molecule has 2 heterocycles. The second-order valence-corrected chi connectivity index (χ2v) is 3.61. The van der Waals surface area contributed by atoms with E-state index < -0.39 is 0 Å². The Morgan fingerprint density at radius 3 is 2.88 bits per heavy atom. The van der Waals surface area contributed by atoms with E-state index in [1.165, 1.54) is 0 Å². The smallest absolute Gasteiger partial charge is 0.142 e. The van der Waals surface area contributed by atoms with Gasteiger partial charge in [-0.1, -0.05) is 12.1 Å². The number of benzene rings is 1. The Kier molecular flexibility index (Phi) is 2.09. The lowest BCUT2D eigenvalue weighted by atomic mass is 10.3. The largest absolute Gasteiger partial charge is 0.299 e. The molecule has 0 radical (unpaired) electrons. The van der Waals surface area contributed by atoms with Crippen LogP contribution < -0.4 is 0 Å². The molecule has 17 heavy (non-hydrogen) atoms. The Morgan fingerprint density at radius 1 is 1.12 bits per heavy atom. The minimum atomic E-state index is 0.403. The number of hydrogen-bond donors (Lipinski definition) is 0. The SMILES string of the molecule is N#Cc1cc(-n2cnc3ccccc32)ccn1. The minimum absolute atomic E-state index is 0.403. The molecular weight excluding hydrogens is 212 g/mol. The van der Waals surface area contributed by atoms with Crippen molar-refractivity contribution in [1.29, 1.82) is 5.26 Å². The normalized spacial score (nSPS) is 10.3. The second kappa shape index (κ2) is 3.72. The molecule has 0 spiro atoms. The molecule has 3 aromatic rings. The molecule has 0 aliphatic rings. The van der Waals surface area contributed by atoms with Crippen molar-refractivity contribution in [3.8, 4) is 11.8 Å². The van der Waals surface area contributed by atoms with Crippen molar-refractivity contribution >= 4 is 11.0 Å². The van der Waals surface area contributed by atoms with Crippen molar-refractivity contribution in [2.24, 2.45) is 0 Å². The summed E-state index contributed by atoms with van der Waals surface area (Å²) in [5.74, 6) is 0. The van der Waals surface area contributed by atoms with Gasteiger partial charge in [0.2, 0.25) is 0 Å². The third-order valence-electron chi connectivity index (χ3n) is 2.59. The molecule has 0 fully saturated rings. The van der Waals surface area contributed by atoms with Gasteiger partial charge in [-0.2, -0.15) is 5.26 Å². The van der Waals surface area contributed by atoms with Gasteiger partial charge in [-0.3, -0.25) is 4.57 Å². The Labute approximate surface area is 97.8 Å². The third kappa shape index (κ3) is 1.54. The molecule has 80 valence electrons. The topological polar surface area (TPSA) is 54.5 Å². The average Bonchev–Trinajstić information content (AvgIpc) is 2.82. The first-order valence-electron chi connectivity index (χ1n) is 5.17. The van der Waals surface area contributed by atoms with Crippen molar-refractivity contribution in [3.63, 3.8) is 0 Å². The molecule has 0 atom stereocenters. The van der Waals surface area contributed by atoms with Gasteiger partial charge in [0.15, 0.2) is 0 Å². The molecule has 0 bridgehead atoms. The zero-order chi connectivity index (χ0) is 11.7. The van der Waals surface area contributed by atoms with E-state index >= 15 is 0 Å². The zero-order valence-corrected chi connectivity index (χ0v) is 8.91. The summed E-state index contributed by atoms with van der Waals surface area (Å²) in [6.07, 6.45) is 3.38. The first-order chi connectivity index (χ1) is 8.38. The Hall–Kier alpha value is -2.67. The summed E-state index contributed by atoms with van der Waals surface area (Å²) in [6, 6.07) is 13.5. The van der Waals surface area contributed by atoms with Crippen LogP contribution in [0.25, 0.3) is 16.7 Å². The first kappa shape index (κ1) is 9.55. The van der Waals surface area contributed by atoms with Crippen molar-refractivity contribution in [2.45, 2.75) is 0 Å². The van der Waals surface area contributed by atoms with Crippen molar-refractivity contribution in [3.05, 3.63) is 54.6 Å². The Balaban J connectivity index is 2.24. The molecule has 0 saturated carbocycles. The number of fused-ring (bicyclic) bond motifs is 1. The van der Waals surface area contributed by atoms with E-state index in [-0.39, 0.29) is 0 Å². The molecule has 0 unspecified atom stereocenters. The van der Waals surface area contributed by atoms with Gasteiger partial charge in [0.25, 0.3) is 0 Å². The molecule has 0 aliphatic carbocycles. The number of aromatic nitrogens is 3. The number of para-hydroxylation sites is 2. The summed E-state index contributed by atoms with van der Waals surface area (Å²) in [6.45, 7) is 0. The molecule has 4 nitrogen and oxygen atoms in total. The summed E-state index contributed by atoms with van der Waals surface area (Å²) in [5, 5.41) is 8.84. The van der Waals surface area contributed by atoms with E-state index in [1.807, 2.05) is 41.0 Å². The van der Waals surface area contributed by atoms with E-state index in [9.17, 15) is 0 Å². The number of nitriles is 1. The summed E-state index contributed by atoms with van der Waals surface area (Å²) in [5.41, 5.74) is 3.25.